The van der Waals surface area contributed by atoms with E-state index in [-0.39, 0.29) is 0 Å². The molecule has 18 heavy (non-hydrogen) atoms. The number of hydrogen-bond acceptors (Lipinski definition) is 2. The summed E-state index contributed by atoms with van der Waals surface area (Å²) < 4.78 is 1.77. The van der Waals surface area contributed by atoms with Crippen molar-refractivity contribution in [1.82, 2.24) is 15.1 Å². The minimum absolute atomic E-state index is 0.656. The van der Waals surface area contributed by atoms with Gasteiger partial charge >= 0.3 is 0 Å². The van der Waals surface area contributed by atoms with Gasteiger partial charge in [-0.25, -0.2) is 4.68 Å². The number of benzene rings is 1. The molecule has 0 unspecified atom stereocenters. The van der Waals surface area contributed by atoms with E-state index in [0.29, 0.717) is 5.92 Å². The molecule has 1 aromatic carbocycles. The van der Waals surface area contributed by atoms with Crippen LogP contribution in [-0.2, 0) is 6.54 Å². The number of halogens is 1. The first kappa shape index (κ1) is 13.1. The van der Waals surface area contributed by atoms with Crippen LogP contribution in [0.15, 0.2) is 36.7 Å². The molecule has 96 valence electrons. The third-order valence-corrected chi connectivity index (χ3v) is 2.95. The minimum atomic E-state index is 0.656. The zero-order chi connectivity index (χ0) is 13.0. The van der Waals surface area contributed by atoms with E-state index in [1.807, 2.05) is 24.4 Å². The molecule has 0 aliphatic carbocycles. The molecule has 1 heterocycles. The summed E-state index contributed by atoms with van der Waals surface area (Å²) in [7, 11) is 0. The lowest BCUT2D eigenvalue weighted by Crippen LogP contribution is -2.18. The summed E-state index contributed by atoms with van der Waals surface area (Å²) >= 11 is 6.27. The predicted molar refractivity (Wildman–Crippen MR) is 75.1 cm³/mol. The summed E-state index contributed by atoms with van der Waals surface area (Å²) in [5, 5.41) is 8.31. The number of hydrogen-bond donors (Lipinski definition) is 1. The molecule has 0 aliphatic rings. The molecule has 0 spiro atoms. The Morgan fingerprint density at radius 2 is 2.22 bits per heavy atom. The van der Waals surface area contributed by atoms with Crippen LogP contribution < -0.4 is 5.32 Å². The average Bonchev–Trinajstić information content (AvgIpc) is 2.82. The normalized spacial score (nSPS) is 11.1. The van der Waals surface area contributed by atoms with Crippen molar-refractivity contribution in [2.75, 3.05) is 6.54 Å². The Morgan fingerprint density at radius 1 is 1.39 bits per heavy atom. The highest BCUT2D eigenvalue weighted by Gasteiger charge is 2.04. The van der Waals surface area contributed by atoms with Crippen LogP contribution in [0.1, 0.15) is 19.4 Å². The zero-order valence-electron chi connectivity index (χ0n) is 10.7. The molecule has 1 N–H and O–H groups in total. The average molecular weight is 264 g/mol. The van der Waals surface area contributed by atoms with Gasteiger partial charge in [-0.3, -0.25) is 0 Å². The molecule has 0 saturated heterocycles. The van der Waals surface area contributed by atoms with Crippen molar-refractivity contribution in [2.45, 2.75) is 20.4 Å². The molecule has 0 fully saturated rings. The topological polar surface area (TPSA) is 29.9 Å². The molecule has 2 aromatic rings. The Hall–Kier alpha value is -1.32. The van der Waals surface area contributed by atoms with Gasteiger partial charge in [0.25, 0.3) is 0 Å². The van der Waals surface area contributed by atoms with Gasteiger partial charge in [0.2, 0.25) is 0 Å². The summed E-state index contributed by atoms with van der Waals surface area (Å²) in [4.78, 5) is 0. The van der Waals surface area contributed by atoms with Gasteiger partial charge in [-0.05, 0) is 36.2 Å². The van der Waals surface area contributed by atoms with E-state index in [1.54, 1.807) is 10.9 Å². The number of nitrogens with zero attached hydrogens (tertiary/aromatic N) is 2. The second-order valence-electron chi connectivity index (χ2n) is 4.76. The molecule has 1 aromatic heterocycles. The minimum Gasteiger partial charge on any atom is -0.312 e. The second kappa shape index (κ2) is 6.03. The van der Waals surface area contributed by atoms with Gasteiger partial charge in [-0.15, -0.1) is 0 Å². The summed E-state index contributed by atoms with van der Waals surface area (Å²) in [5.41, 5.74) is 2.10. The van der Waals surface area contributed by atoms with Gasteiger partial charge in [-0.2, -0.15) is 5.10 Å². The SMILES string of the molecule is CC(C)CNCc1ccc(-n2cccn2)c(Cl)c1. The van der Waals surface area contributed by atoms with Gasteiger partial charge in [0.1, 0.15) is 0 Å². The van der Waals surface area contributed by atoms with Gasteiger partial charge < -0.3 is 5.32 Å². The Kier molecular flexibility index (Phi) is 4.39. The van der Waals surface area contributed by atoms with E-state index in [1.165, 1.54) is 5.56 Å². The highest BCUT2D eigenvalue weighted by atomic mass is 35.5. The fourth-order valence-corrected chi connectivity index (χ4v) is 2.05. The van der Waals surface area contributed by atoms with E-state index in [4.69, 9.17) is 11.6 Å². The molecule has 4 heteroatoms. The molecule has 0 saturated carbocycles. The molecular formula is C14H18ClN3. The smallest absolute Gasteiger partial charge is 0.0831 e. The van der Waals surface area contributed by atoms with Gasteiger partial charge in [0, 0.05) is 18.9 Å². The lowest BCUT2D eigenvalue weighted by Gasteiger charge is -2.09. The van der Waals surface area contributed by atoms with E-state index in [0.717, 1.165) is 23.8 Å². The third-order valence-electron chi connectivity index (χ3n) is 2.65. The van der Waals surface area contributed by atoms with Crippen molar-refractivity contribution in [2.24, 2.45) is 5.92 Å². The highest BCUT2D eigenvalue weighted by molar-refractivity contribution is 6.32. The van der Waals surface area contributed by atoms with Crippen LogP contribution in [0, 0.1) is 5.92 Å². The summed E-state index contributed by atoms with van der Waals surface area (Å²) in [6, 6.07) is 7.96. The first-order valence-electron chi connectivity index (χ1n) is 6.16. The predicted octanol–water partition coefficient (Wildman–Crippen LogP) is 3.27. The third kappa shape index (κ3) is 3.34. The Bertz CT molecular complexity index is 492. The number of rotatable bonds is 5. The van der Waals surface area contributed by atoms with Crippen LogP contribution in [0.4, 0.5) is 0 Å². The van der Waals surface area contributed by atoms with Crippen molar-refractivity contribution < 1.29 is 0 Å². The molecule has 0 atom stereocenters. The summed E-state index contributed by atoms with van der Waals surface area (Å²) in [5.74, 6) is 0.656. The highest BCUT2D eigenvalue weighted by Crippen LogP contribution is 2.21. The van der Waals surface area contributed by atoms with E-state index < -0.39 is 0 Å². The quantitative estimate of drug-likeness (QED) is 0.897. The summed E-state index contributed by atoms with van der Waals surface area (Å²) in [6.07, 6.45) is 3.63. The van der Waals surface area contributed by atoms with Crippen LogP contribution >= 0.6 is 11.6 Å². The molecule has 0 bridgehead atoms. The molecule has 0 aliphatic heterocycles. The lowest BCUT2D eigenvalue weighted by atomic mass is 10.2. The van der Waals surface area contributed by atoms with Crippen molar-refractivity contribution in [3.05, 3.63) is 47.2 Å². The van der Waals surface area contributed by atoms with Crippen molar-refractivity contribution in [1.29, 1.82) is 0 Å². The molecule has 3 nitrogen and oxygen atoms in total. The zero-order valence-corrected chi connectivity index (χ0v) is 11.5. The second-order valence-corrected chi connectivity index (χ2v) is 5.17. The van der Waals surface area contributed by atoms with E-state index in [9.17, 15) is 0 Å². The first-order valence-corrected chi connectivity index (χ1v) is 6.54. The maximum Gasteiger partial charge on any atom is 0.0831 e. The molecule has 0 radical (unpaired) electrons. The van der Waals surface area contributed by atoms with Crippen molar-refractivity contribution in [3.8, 4) is 5.69 Å². The van der Waals surface area contributed by atoms with Crippen LogP contribution in [-0.4, -0.2) is 16.3 Å². The first-order chi connectivity index (χ1) is 8.66. The van der Waals surface area contributed by atoms with E-state index >= 15 is 0 Å². The Balaban J connectivity index is 2.06. The van der Waals surface area contributed by atoms with Crippen molar-refractivity contribution in [3.63, 3.8) is 0 Å². The van der Waals surface area contributed by atoms with Crippen LogP contribution in [0.3, 0.4) is 0 Å². The van der Waals surface area contributed by atoms with Crippen molar-refractivity contribution >= 4 is 11.6 Å². The fourth-order valence-electron chi connectivity index (χ4n) is 1.76. The number of nitrogens with one attached hydrogen (secondary N) is 1. The Morgan fingerprint density at radius 3 is 2.83 bits per heavy atom. The molecule has 2 rings (SSSR count). The van der Waals surface area contributed by atoms with Crippen LogP contribution in [0.5, 0.6) is 0 Å². The standard InChI is InChI=1S/C14H18ClN3/c1-11(2)9-16-10-12-4-5-14(13(15)8-12)18-7-3-6-17-18/h3-8,11,16H,9-10H2,1-2H3. The number of aromatic nitrogens is 2. The van der Waals surface area contributed by atoms with Crippen LogP contribution in [0.25, 0.3) is 5.69 Å². The lowest BCUT2D eigenvalue weighted by molar-refractivity contribution is 0.552. The molecule has 0 amide bonds. The fraction of sp³-hybridized carbons (Fsp3) is 0.357. The van der Waals surface area contributed by atoms with Gasteiger partial charge in [-0.1, -0.05) is 31.5 Å². The monoisotopic (exact) mass is 263 g/mol. The maximum atomic E-state index is 6.27. The summed E-state index contributed by atoms with van der Waals surface area (Å²) in [6.45, 7) is 6.25. The van der Waals surface area contributed by atoms with E-state index in [2.05, 4.69) is 30.3 Å². The molecular weight excluding hydrogens is 246 g/mol. The maximum absolute atomic E-state index is 6.27. The largest absolute Gasteiger partial charge is 0.312 e. The Labute approximate surface area is 113 Å². The van der Waals surface area contributed by atoms with Gasteiger partial charge in [0.05, 0.1) is 10.7 Å². The van der Waals surface area contributed by atoms with Gasteiger partial charge in [0.15, 0.2) is 0 Å². The van der Waals surface area contributed by atoms with Crippen LogP contribution in [0.2, 0.25) is 5.02 Å².